The minimum atomic E-state index is -0.400. The van der Waals surface area contributed by atoms with E-state index in [4.69, 9.17) is 27.9 Å². The fourth-order valence-electron chi connectivity index (χ4n) is 2.65. The van der Waals surface area contributed by atoms with E-state index in [1.807, 2.05) is 0 Å². The Bertz CT molecular complexity index is 872. The van der Waals surface area contributed by atoms with Crippen LogP contribution in [0.25, 0.3) is 0 Å². The highest BCUT2D eigenvalue weighted by Gasteiger charge is 2.25. The summed E-state index contributed by atoms with van der Waals surface area (Å²) in [6.07, 6.45) is 0. The number of amides is 2. The zero-order chi connectivity index (χ0) is 19.4. The van der Waals surface area contributed by atoms with Crippen molar-refractivity contribution in [3.63, 3.8) is 0 Å². The van der Waals surface area contributed by atoms with Gasteiger partial charge < -0.3 is 15.4 Å². The van der Waals surface area contributed by atoms with Crippen LogP contribution in [-0.4, -0.2) is 41.9 Å². The second-order valence-corrected chi connectivity index (χ2v) is 7.67. The standard InChI is InChI=1S/C17H18Cl2N4O3S/c1-26-5-4-20-15(24)7-23-16(12-8-27-9-14(12)22-23)21-17(25)11-6-10(18)2-3-13(11)19/h2-3,6H,4-5,7-9H2,1H3,(H,20,24)(H,21,25). The summed E-state index contributed by atoms with van der Waals surface area (Å²) in [6.45, 7) is 0.834. The Morgan fingerprint density at radius 2 is 2.15 bits per heavy atom. The molecule has 1 aliphatic heterocycles. The molecule has 0 saturated heterocycles. The first-order chi connectivity index (χ1) is 13.0. The summed E-state index contributed by atoms with van der Waals surface area (Å²) in [7, 11) is 1.57. The molecule has 0 bridgehead atoms. The number of rotatable bonds is 7. The van der Waals surface area contributed by atoms with Gasteiger partial charge in [-0.15, -0.1) is 0 Å². The SMILES string of the molecule is COCCNC(=O)Cn1nc2c(c1NC(=O)c1cc(Cl)ccc1Cl)CSC2. The summed E-state index contributed by atoms with van der Waals surface area (Å²) in [5.41, 5.74) is 2.06. The van der Waals surface area contributed by atoms with E-state index in [1.54, 1.807) is 31.0 Å². The maximum Gasteiger partial charge on any atom is 0.258 e. The Morgan fingerprint density at radius 1 is 1.33 bits per heavy atom. The number of aromatic nitrogens is 2. The molecule has 144 valence electrons. The average molecular weight is 429 g/mol. The Morgan fingerprint density at radius 3 is 2.93 bits per heavy atom. The molecular weight excluding hydrogens is 411 g/mol. The first kappa shape index (κ1) is 20.0. The quantitative estimate of drug-likeness (QED) is 0.662. The van der Waals surface area contributed by atoms with E-state index in [1.165, 1.54) is 10.7 Å². The van der Waals surface area contributed by atoms with E-state index in [2.05, 4.69) is 15.7 Å². The van der Waals surface area contributed by atoms with Gasteiger partial charge in [-0.3, -0.25) is 9.59 Å². The van der Waals surface area contributed by atoms with Crippen LogP contribution in [-0.2, 0) is 27.6 Å². The molecule has 2 aromatic rings. The molecule has 1 aromatic carbocycles. The average Bonchev–Trinajstić information content (AvgIpc) is 3.20. The van der Waals surface area contributed by atoms with Crippen molar-refractivity contribution in [2.24, 2.45) is 0 Å². The predicted octanol–water partition coefficient (Wildman–Crippen LogP) is 2.95. The number of halogens is 2. The van der Waals surface area contributed by atoms with Gasteiger partial charge in [0.15, 0.2) is 0 Å². The largest absolute Gasteiger partial charge is 0.383 e. The lowest BCUT2D eigenvalue weighted by molar-refractivity contribution is -0.122. The molecule has 2 heterocycles. The van der Waals surface area contributed by atoms with Crippen molar-refractivity contribution in [3.05, 3.63) is 45.1 Å². The monoisotopic (exact) mass is 428 g/mol. The minimum Gasteiger partial charge on any atom is -0.383 e. The molecular formula is C17H18Cl2N4O3S. The highest BCUT2D eigenvalue weighted by molar-refractivity contribution is 7.98. The van der Waals surface area contributed by atoms with Gasteiger partial charge in [0.25, 0.3) is 5.91 Å². The Balaban J connectivity index is 1.81. The fraction of sp³-hybridized carbons (Fsp3) is 0.353. The first-order valence-corrected chi connectivity index (χ1v) is 10.1. The number of nitrogens with one attached hydrogen (secondary N) is 2. The van der Waals surface area contributed by atoms with Gasteiger partial charge >= 0.3 is 0 Å². The molecule has 0 saturated carbocycles. The van der Waals surface area contributed by atoms with Crippen LogP contribution < -0.4 is 10.6 Å². The number of nitrogens with zero attached hydrogens (tertiary/aromatic N) is 2. The molecule has 0 radical (unpaired) electrons. The topological polar surface area (TPSA) is 85.2 Å². The van der Waals surface area contributed by atoms with Crippen LogP contribution in [0.2, 0.25) is 10.0 Å². The number of carbonyl (C=O) groups excluding carboxylic acids is 2. The summed E-state index contributed by atoms with van der Waals surface area (Å²) in [5, 5.41) is 10.8. The molecule has 1 aromatic heterocycles. The summed E-state index contributed by atoms with van der Waals surface area (Å²) >= 11 is 13.8. The molecule has 2 amide bonds. The van der Waals surface area contributed by atoms with Crippen LogP contribution in [0.15, 0.2) is 18.2 Å². The van der Waals surface area contributed by atoms with Crippen molar-refractivity contribution in [2.75, 3.05) is 25.6 Å². The second kappa shape index (κ2) is 8.97. The van der Waals surface area contributed by atoms with E-state index in [0.717, 1.165) is 22.8 Å². The van der Waals surface area contributed by atoms with Gasteiger partial charge in [0.2, 0.25) is 5.91 Å². The van der Waals surface area contributed by atoms with Gasteiger partial charge in [-0.25, -0.2) is 4.68 Å². The van der Waals surface area contributed by atoms with Crippen molar-refractivity contribution >= 4 is 52.6 Å². The Hall–Kier alpha value is -1.74. The van der Waals surface area contributed by atoms with Gasteiger partial charge in [-0.1, -0.05) is 23.2 Å². The van der Waals surface area contributed by atoms with Crippen molar-refractivity contribution in [1.82, 2.24) is 15.1 Å². The molecule has 0 atom stereocenters. The van der Waals surface area contributed by atoms with E-state index < -0.39 is 5.91 Å². The smallest absolute Gasteiger partial charge is 0.258 e. The molecule has 2 N–H and O–H groups in total. The molecule has 0 spiro atoms. The molecule has 0 fully saturated rings. The van der Waals surface area contributed by atoms with Gasteiger partial charge in [-0.2, -0.15) is 16.9 Å². The van der Waals surface area contributed by atoms with Crippen LogP contribution in [0.3, 0.4) is 0 Å². The molecule has 10 heteroatoms. The number of ether oxygens (including phenoxy) is 1. The highest BCUT2D eigenvalue weighted by atomic mass is 35.5. The third kappa shape index (κ3) is 4.76. The van der Waals surface area contributed by atoms with Crippen LogP contribution in [0.1, 0.15) is 21.6 Å². The summed E-state index contributed by atoms with van der Waals surface area (Å²) < 4.78 is 6.43. The summed E-state index contributed by atoms with van der Waals surface area (Å²) in [4.78, 5) is 24.9. The number of benzene rings is 1. The van der Waals surface area contributed by atoms with Crippen molar-refractivity contribution < 1.29 is 14.3 Å². The fourth-order valence-corrected chi connectivity index (χ4v) is 4.06. The van der Waals surface area contributed by atoms with Crippen LogP contribution in [0.4, 0.5) is 5.82 Å². The third-order valence-electron chi connectivity index (χ3n) is 3.95. The van der Waals surface area contributed by atoms with E-state index in [-0.39, 0.29) is 18.0 Å². The van der Waals surface area contributed by atoms with Crippen LogP contribution >= 0.6 is 35.0 Å². The molecule has 0 unspecified atom stereocenters. The number of anilines is 1. The highest BCUT2D eigenvalue weighted by Crippen LogP contribution is 2.35. The number of fused-ring (bicyclic) bond motifs is 1. The number of methoxy groups -OCH3 is 1. The van der Waals surface area contributed by atoms with Crippen molar-refractivity contribution in [2.45, 2.75) is 18.1 Å². The van der Waals surface area contributed by atoms with Crippen LogP contribution in [0.5, 0.6) is 0 Å². The molecule has 1 aliphatic rings. The van der Waals surface area contributed by atoms with Gasteiger partial charge in [0.1, 0.15) is 12.4 Å². The van der Waals surface area contributed by atoms with Crippen molar-refractivity contribution in [3.8, 4) is 0 Å². The Labute approximate surface area is 170 Å². The zero-order valence-electron chi connectivity index (χ0n) is 14.6. The van der Waals surface area contributed by atoms with Gasteiger partial charge in [0, 0.05) is 35.7 Å². The van der Waals surface area contributed by atoms with Gasteiger partial charge in [-0.05, 0) is 18.2 Å². The molecule has 7 nitrogen and oxygen atoms in total. The summed E-state index contributed by atoms with van der Waals surface area (Å²) in [5.74, 6) is 1.37. The predicted molar refractivity (Wildman–Crippen MR) is 107 cm³/mol. The summed E-state index contributed by atoms with van der Waals surface area (Å²) in [6, 6.07) is 4.69. The second-order valence-electron chi connectivity index (χ2n) is 5.85. The normalized spacial score (nSPS) is 12.7. The van der Waals surface area contributed by atoms with E-state index in [0.29, 0.717) is 29.0 Å². The molecule has 27 heavy (non-hydrogen) atoms. The lowest BCUT2D eigenvalue weighted by atomic mass is 10.2. The number of hydrogen-bond acceptors (Lipinski definition) is 5. The third-order valence-corrected chi connectivity index (χ3v) is 5.48. The lowest BCUT2D eigenvalue weighted by Gasteiger charge is -2.12. The first-order valence-electron chi connectivity index (χ1n) is 8.18. The molecule has 0 aliphatic carbocycles. The van der Waals surface area contributed by atoms with Crippen LogP contribution in [0, 0.1) is 0 Å². The number of hydrogen-bond donors (Lipinski definition) is 2. The maximum absolute atomic E-state index is 12.7. The number of carbonyl (C=O) groups is 2. The molecule has 3 rings (SSSR count). The maximum atomic E-state index is 12.7. The van der Waals surface area contributed by atoms with E-state index in [9.17, 15) is 9.59 Å². The minimum absolute atomic E-state index is 0.000270. The van der Waals surface area contributed by atoms with E-state index >= 15 is 0 Å². The van der Waals surface area contributed by atoms with Gasteiger partial charge in [0.05, 0.1) is 22.9 Å². The van der Waals surface area contributed by atoms with Crippen molar-refractivity contribution in [1.29, 1.82) is 0 Å². The zero-order valence-corrected chi connectivity index (χ0v) is 16.9. The Kier molecular flexibility index (Phi) is 6.64. The lowest BCUT2D eigenvalue weighted by Crippen LogP contribution is -2.31. The number of thioether (sulfide) groups is 1.